The first-order chi connectivity index (χ1) is 11.7. The number of amides is 1. The number of furan rings is 1. The molecule has 24 heavy (non-hydrogen) atoms. The zero-order valence-corrected chi connectivity index (χ0v) is 14.9. The largest absolute Gasteiger partial charge is 0.467 e. The monoisotopic (exact) mass is 349 g/mol. The van der Waals surface area contributed by atoms with Crippen molar-refractivity contribution in [3.8, 4) is 0 Å². The van der Waals surface area contributed by atoms with E-state index in [1.807, 2.05) is 12.1 Å². The molecule has 0 aromatic carbocycles. The average molecular weight is 350 g/mol. The van der Waals surface area contributed by atoms with Gasteiger partial charge >= 0.3 is 0 Å². The molecule has 2 heterocycles. The molecule has 1 saturated carbocycles. The first-order valence-corrected chi connectivity index (χ1v) is 9.49. The van der Waals surface area contributed by atoms with Crippen LogP contribution in [0.5, 0.6) is 0 Å². The lowest BCUT2D eigenvalue weighted by Crippen LogP contribution is -2.50. The number of thiocarbonyl (C=S) groups is 1. The van der Waals surface area contributed by atoms with Crippen LogP contribution in [0.2, 0.25) is 0 Å². The molecule has 132 valence electrons. The zero-order chi connectivity index (χ0) is 16.8. The molecule has 5 nitrogen and oxygen atoms in total. The van der Waals surface area contributed by atoms with Crippen molar-refractivity contribution in [2.75, 3.05) is 13.1 Å². The predicted molar refractivity (Wildman–Crippen MR) is 97.5 cm³/mol. The maximum absolute atomic E-state index is 12.6. The summed E-state index contributed by atoms with van der Waals surface area (Å²) in [4.78, 5) is 14.6. The van der Waals surface area contributed by atoms with Gasteiger partial charge in [-0.1, -0.05) is 19.3 Å². The number of rotatable bonds is 4. The van der Waals surface area contributed by atoms with Crippen LogP contribution in [0.4, 0.5) is 0 Å². The smallest absolute Gasteiger partial charge is 0.225 e. The highest BCUT2D eigenvalue weighted by Gasteiger charge is 2.29. The number of nitrogens with one attached hydrogen (secondary N) is 2. The topological polar surface area (TPSA) is 57.5 Å². The maximum Gasteiger partial charge on any atom is 0.225 e. The molecule has 0 atom stereocenters. The van der Waals surface area contributed by atoms with E-state index in [0.29, 0.717) is 23.6 Å². The highest BCUT2D eigenvalue weighted by Crippen LogP contribution is 2.26. The quantitative estimate of drug-likeness (QED) is 0.819. The molecule has 0 bridgehead atoms. The lowest BCUT2D eigenvalue weighted by molar-refractivity contribution is -0.137. The van der Waals surface area contributed by atoms with Crippen LogP contribution < -0.4 is 10.6 Å². The van der Waals surface area contributed by atoms with E-state index >= 15 is 0 Å². The Morgan fingerprint density at radius 2 is 1.96 bits per heavy atom. The van der Waals surface area contributed by atoms with Crippen LogP contribution in [-0.2, 0) is 11.3 Å². The second-order valence-corrected chi connectivity index (χ2v) is 7.25. The number of hydrogen-bond acceptors (Lipinski definition) is 3. The third-order valence-corrected chi connectivity index (χ3v) is 5.36. The molecule has 1 aliphatic heterocycles. The minimum atomic E-state index is 0.277. The van der Waals surface area contributed by atoms with E-state index in [4.69, 9.17) is 16.6 Å². The van der Waals surface area contributed by atoms with Crippen molar-refractivity contribution < 1.29 is 9.21 Å². The molecule has 1 amide bonds. The fraction of sp³-hybridized carbons (Fsp3) is 0.667. The van der Waals surface area contributed by atoms with Crippen LogP contribution >= 0.6 is 12.2 Å². The number of carbonyl (C=O) groups excluding carboxylic acids is 1. The Morgan fingerprint density at radius 3 is 2.62 bits per heavy atom. The summed E-state index contributed by atoms with van der Waals surface area (Å²) in [5.41, 5.74) is 0. The Kier molecular flexibility index (Phi) is 6.12. The first-order valence-electron chi connectivity index (χ1n) is 9.08. The van der Waals surface area contributed by atoms with Crippen LogP contribution in [0.15, 0.2) is 22.8 Å². The summed E-state index contributed by atoms with van der Waals surface area (Å²) in [7, 11) is 0. The SMILES string of the molecule is O=C(C1CCCCC1)N1CCC(NC(=S)NCc2ccco2)CC1. The van der Waals surface area contributed by atoms with Gasteiger partial charge in [0.05, 0.1) is 12.8 Å². The summed E-state index contributed by atoms with van der Waals surface area (Å²) in [6.07, 6.45) is 9.45. The van der Waals surface area contributed by atoms with Crippen molar-refractivity contribution in [1.82, 2.24) is 15.5 Å². The number of nitrogens with zero attached hydrogens (tertiary/aromatic N) is 1. The Morgan fingerprint density at radius 1 is 1.21 bits per heavy atom. The number of hydrogen-bond donors (Lipinski definition) is 2. The van der Waals surface area contributed by atoms with Crippen LogP contribution in [-0.4, -0.2) is 35.1 Å². The summed E-state index contributed by atoms with van der Waals surface area (Å²) >= 11 is 5.35. The third kappa shape index (κ3) is 4.72. The number of likely N-dealkylation sites (tertiary alicyclic amines) is 1. The minimum Gasteiger partial charge on any atom is -0.467 e. The van der Waals surface area contributed by atoms with Crippen molar-refractivity contribution in [3.63, 3.8) is 0 Å². The molecule has 0 radical (unpaired) electrons. The van der Waals surface area contributed by atoms with Gasteiger partial charge in [0, 0.05) is 25.0 Å². The molecular weight excluding hydrogens is 322 g/mol. The highest BCUT2D eigenvalue weighted by atomic mass is 32.1. The van der Waals surface area contributed by atoms with Crippen molar-refractivity contribution in [2.45, 2.75) is 57.5 Å². The summed E-state index contributed by atoms with van der Waals surface area (Å²) in [6.45, 7) is 2.28. The van der Waals surface area contributed by atoms with Crippen LogP contribution in [0, 0.1) is 5.92 Å². The van der Waals surface area contributed by atoms with Crippen molar-refractivity contribution in [2.24, 2.45) is 5.92 Å². The molecule has 0 unspecified atom stereocenters. The highest BCUT2D eigenvalue weighted by molar-refractivity contribution is 7.80. The molecule has 2 aliphatic rings. The van der Waals surface area contributed by atoms with Gasteiger partial charge in [0.2, 0.25) is 5.91 Å². The van der Waals surface area contributed by atoms with Crippen molar-refractivity contribution in [1.29, 1.82) is 0 Å². The Labute approximate surface area is 149 Å². The molecule has 1 saturated heterocycles. The zero-order valence-electron chi connectivity index (χ0n) is 14.1. The molecule has 1 aromatic heterocycles. The normalized spacial score (nSPS) is 19.9. The van der Waals surface area contributed by atoms with Gasteiger partial charge in [0.25, 0.3) is 0 Å². The van der Waals surface area contributed by atoms with Crippen molar-refractivity contribution >= 4 is 23.2 Å². The maximum atomic E-state index is 12.6. The van der Waals surface area contributed by atoms with Gasteiger partial charge in [-0.25, -0.2) is 0 Å². The predicted octanol–water partition coefficient (Wildman–Crippen LogP) is 2.82. The second kappa shape index (κ2) is 8.51. The molecule has 0 spiro atoms. The summed E-state index contributed by atoms with van der Waals surface area (Å²) in [5.74, 6) is 1.53. The standard InChI is InChI=1S/C18H27N3O2S/c22-17(14-5-2-1-3-6-14)21-10-8-15(9-11-21)20-18(24)19-13-16-7-4-12-23-16/h4,7,12,14-15H,1-3,5-6,8-11,13H2,(H2,19,20,24). The van der Waals surface area contributed by atoms with Gasteiger partial charge in [-0.2, -0.15) is 0 Å². The van der Waals surface area contributed by atoms with E-state index in [0.717, 1.165) is 44.5 Å². The minimum absolute atomic E-state index is 0.277. The third-order valence-electron chi connectivity index (χ3n) is 5.10. The Balaban J connectivity index is 1.36. The average Bonchev–Trinajstić information content (AvgIpc) is 3.14. The van der Waals surface area contributed by atoms with Crippen molar-refractivity contribution in [3.05, 3.63) is 24.2 Å². The molecule has 2 fully saturated rings. The first kappa shape index (κ1) is 17.3. The van der Waals surface area contributed by atoms with Gasteiger partial charge < -0.3 is 20.0 Å². The van der Waals surface area contributed by atoms with E-state index < -0.39 is 0 Å². The van der Waals surface area contributed by atoms with Crippen LogP contribution in [0.3, 0.4) is 0 Å². The van der Waals surface area contributed by atoms with Gasteiger partial charge in [0.1, 0.15) is 5.76 Å². The van der Waals surface area contributed by atoms with Gasteiger partial charge in [-0.15, -0.1) is 0 Å². The lowest BCUT2D eigenvalue weighted by Gasteiger charge is -2.35. The van der Waals surface area contributed by atoms with Gasteiger partial charge in [-0.05, 0) is 50.0 Å². The van der Waals surface area contributed by atoms with Crippen LogP contribution in [0.1, 0.15) is 50.7 Å². The summed E-state index contributed by atoms with van der Waals surface area (Å²) in [6, 6.07) is 4.13. The Bertz CT molecular complexity index is 532. The van der Waals surface area contributed by atoms with E-state index in [1.54, 1.807) is 6.26 Å². The van der Waals surface area contributed by atoms with Gasteiger partial charge in [-0.3, -0.25) is 4.79 Å². The molecule has 2 N–H and O–H groups in total. The fourth-order valence-corrected chi connectivity index (χ4v) is 3.91. The number of carbonyl (C=O) groups is 1. The summed E-state index contributed by atoms with van der Waals surface area (Å²) < 4.78 is 5.28. The van der Waals surface area contributed by atoms with E-state index in [9.17, 15) is 4.79 Å². The van der Waals surface area contributed by atoms with E-state index in [2.05, 4.69) is 15.5 Å². The molecule has 1 aromatic rings. The molecule has 3 rings (SSSR count). The molecule has 1 aliphatic carbocycles. The number of piperidine rings is 1. The van der Waals surface area contributed by atoms with E-state index in [1.165, 1.54) is 19.3 Å². The van der Waals surface area contributed by atoms with Gasteiger partial charge in [0.15, 0.2) is 5.11 Å². The lowest BCUT2D eigenvalue weighted by atomic mass is 9.87. The summed E-state index contributed by atoms with van der Waals surface area (Å²) in [5, 5.41) is 7.18. The fourth-order valence-electron chi connectivity index (χ4n) is 3.67. The Hall–Kier alpha value is -1.56. The molecule has 6 heteroatoms. The second-order valence-electron chi connectivity index (χ2n) is 6.84. The molecular formula is C18H27N3O2S. The van der Waals surface area contributed by atoms with E-state index in [-0.39, 0.29) is 5.92 Å². The van der Waals surface area contributed by atoms with Crippen LogP contribution in [0.25, 0.3) is 0 Å².